The first-order valence-electron chi connectivity index (χ1n) is 10.5. The van der Waals surface area contributed by atoms with Crippen LogP contribution in [-0.4, -0.2) is 34.0 Å². The first-order chi connectivity index (χ1) is 15.7. The summed E-state index contributed by atoms with van der Waals surface area (Å²) in [7, 11) is 0. The first kappa shape index (κ1) is 23.3. The Morgan fingerprint density at radius 3 is 2.64 bits per heavy atom. The van der Waals surface area contributed by atoms with Crippen LogP contribution in [-0.2, 0) is 17.5 Å². The smallest absolute Gasteiger partial charge is 0.338 e. The average Bonchev–Trinajstić information content (AvgIpc) is 3.23. The molecule has 1 aromatic heterocycles. The number of aromatic nitrogens is 2. The summed E-state index contributed by atoms with van der Waals surface area (Å²) in [5.74, 6) is 0.370. The third-order valence-corrected chi connectivity index (χ3v) is 6.05. The van der Waals surface area contributed by atoms with Crippen molar-refractivity contribution in [3.05, 3.63) is 64.5 Å². The molecule has 10 heteroatoms. The first-order valence-corrected chi connectivity index (χ1v) is 10.9. The number of hydrogen-bond acceptors (Lipinski definition) is 5. The second-order valence-corrected chi connectivity index (χ2v) is 8.47. The molecule has 0 aliphatic carbocycles. The molecule has 0 atom stereocenters. The number of piperidine rings is 1. The zero-order chi connectivity index (χ0) is 23.6. The van der Waals surface area contributed by atoms with Crippen LogP contribution in [0, 0.1) is 12.8 Å². The van der Waals surface area contributed by atoms with Crippen molar-refractivity contribution in [3.8, 4) is 11.4 Å². The third-order valence-electron chi connectivity index (χ3n) is 5.72. The van der Waals surface area contributed by atoms with Crippen molar-refractivity contribution >= 4 is 23.2 Å². The summed E-state index contributed by atoms with van der Waals surface area (Å²) in [6.07, 6.45) is -3.40. The topological polar surface area (TPSA) is 71.3 Å². The highest BCUT2D eigenvalue weighted by Gasteiger charge is 2.32. The highest BCUT2D eigenvalue weighted by Crippen LogP contribution is 2.34. The van der Waals surface area contributed by atoms with E-state index >= 15 is 0 Å². The molecule has 0 spiro atoms. The Kier molecular flexibility index (Phi) is 6.71. The fraction of sp³-hybridized carbons (Fsp3) is 0.348. The Balaban J connectivity index is 1.32. The summed E-state index contributed by atoms with van der Waals surface area (Å²) in [4.78, 5) is 19.2. The van der Waals surface area contributed by atoms with Crippen LogP contribution in [0.5, 0.6) is 0 Å². The zero-order valence-electron chi connectivity index (χ0n) is 17.8. The molecule has 0 saturated carbocycles. The molecule has 33 heavy (non-hydrogen) atoms. The van der Waals surface area contributed by atoms with Gasteiger partial charge in [-0.3, -0.25) is 9.69 Å². The van der Waals surface area contributed by atoms with Gasteiger partial charge in [0, 0.05) is 11.5 Å². The quantitative estimate of drug-likeness (QED) is 0.519. The minimum atomic E-state index is -4.51. The molecule has 1 aliphatic rings. The number of nitrogens with one attached hydrogen (secondary N) is 1. The minimum absolute atomic E-state index is 0.0338. The maximum Gasteiger partial charge on any atom is 0.416 e. The number of carbonyl (C=O) groups excluding carboxylic acids is 1. The number of rotatable bonds is 5. The van der Waals surface area contributed by atoms with E-state index in [1.54, 1.807) is 0 Å². The number of anilines is 1. The maximum absolute atomic E-state index is 13.0. The van der Waals surface area contributed by atoms with Crippen LogP contribution in [0.1, 0.15) is 29.9 Å². The molecule has 2 heterocycles. The zero-order valence-corrected chi connectivity index (χ0v) is 18.6. The van der Waals surface area contributed by atoms with Gasteiger partial charge in [-0.25, -0.2) is 0 Å². The van der Waals surface area contributed by atoms with Gasteiger partial charge in [0.15, 0.2) is 0 Å². The fourth-order valence-electron chi connectivity index (χ4n) is 3.83. The second-order valence-electron chi connectivity index (χ2n) is 8.06. The van der Waals surface area contributed by atoms with E-state index in [-0.39, 0.29) is 22.5 Å². The molecule has 0 bridgehead atoms. The van der Waals surface area contributed by atoms with Crippen molar-refractivity contribution in [1.82, 2.24) is 15.0 Å². The number of benzene rings is 2. The fourth-order valence-corrected chi connectivity index (χ4v) is 3.99. The van der Waals surface area contributed by atoms with Crippen LogP contribution in [0.3, 0.4) is 0 Å². The van der Waals surface area contributed by atoms with E-state index in [4.69, 9.17) is 16.1 Å². The highest BCUT2D eigenvalue weighted by atomic mass is 35.5. The van der Waals surface area contributed by atoms with Gasteiger partial charge in [-0.05, 0) is 56.6 Å². The van der Waals surface area contributed by atoms with E-state index < -0.39 is 11.7 Å². The van der Waals surface area contributed by atoms with E-state index in [1.165, 1.54) is 0 Å². The Morgan fingerprint density at radius 2 is 1.94 bits per heavy atom. The van der Waals surface area contributed by atoms with E-state index in [9.17, 15) is 18.0 Å². The summed E-state index contributed by atoms with van der Waals surface area (Å²) in [6.45, 7) is 3.69. The summed E-state index contributed by atoms with van der Waals surface area (Å²) >= 11 is 5.99. The number of carbonyl (C=O) groups is 1. The monoisotopic (exact) mass is 478 g/mol. The lowest BCUT2D eigenvalue weighted by Crippen LogP contribution is -2.37. The number of hydrogen-bond donors (Lipinski definition) is 1. The van der Waals surface area contributed by atoms with Gasteiger partial charge in [0.2, 0.25) is 17.6 Å². The molecule has 2 aromatic carbocycles. The van der Waals surface area contributed by atoms with Gasteiger partial charge < -0.3 is 9.84 Å². The van der Waals surface area contributed by atoms with Crippen LogP contribution in [0.25, 0.3) is 11.4 Å². The number of alkyl halides is 3. The number of likely N-dealkylation sites (tertiary alicyclic amines) is 1. The summed E-state index contributed by atoms with van der Waals surface area (Å²) in [5, 5.41) is 6.68. The van der Waals surface area contributed by atoms with Gasteiger partial charge in [-0.2, -0.15) is 18.2 Å². The highest BCUT2D eigenvalue weighted by molar-refractivity contribution is 6.33. The Hall–Kier alpha value is -2.91. The van der Waals surface area contributed by atoms with Crippen molar-refractivity contribution in [3.63, 3.8) is 0 Å². The molecule has 1 N–H and O–H groups in total. The Morgan fingerprint density at radius 1 is 1.21 bits per heavy atom. The molecule has 4 rings (SSSR count). The van der Waals surface area contributed by atoms with Gasteiger partial charge in [-0.1, -0.05) is 41.0 Å². The molecule has 1 fully saturated rings. The summed E-state index contributed by atoms with van der Waals surface area (Å²) in [6, 6.07) is 10.7. The average molecular weight is 479 g/mol. The summed E-state index contributed by atoms with van der Waals surface area (Å²) in [5.41, 5.74) is 1.07. The van der Waals surface area contributed by atoms with E-state index in [0.717, 1.165) is 29.3 Å². The van der Waals surface area contributed by atoms with Crippen LogP contribution in [0.2, 0.25) is 5.02 Å². The molecule has 1 amide bonds. The van der Waals surface area contributed by atoms with Crippen molar-refractivity contribution in [2.24, 2.45) is 5.92 Å². The normalized spacial score (nSPS) is 15.5. The lowest BCUT2D eigenvalue weighted by Gasteiger charge is -2.30. The van der Waals surface area contributed by atoms with Crippen LogP contribution >= 0.6 is 11.6 Å². The van der Waals surface area contributed by atoms with Crippen LogP contribution in [0.4, 0.5) is 18.9 Å². The number of nitrogens with zero attached hydrogens (tertiary/aromatic N) is 3. The van der Waals surface area contributed by atoms with Crippen molar-refractivity contribution in [2.45, 2.75) is 32.5 Å². The molecular formula is C23H22ClF3N4O2. The molecule has 0 unspecified atom stereocenters. The third kappa shape index (κ3) is 5.54. The second kappa shape index (κ2) is 9.52. The molecule has 3 aromatic rings. The molecule has 0 radical (unpaired) electrons. The summed E-state index contributed by atoms with van der Waals surface area (Å²) < 4.78 is 44.3. The standard InChI is InChI=1S/C23H22ClF3N4O2/c1-14-4-2-3-5-17(14)21-29-20(33-30-21)13-31-10-8-15(9-11-31)22(32)28-19-12-16(23(25,26)27)6-7-18(19)24/h2-7,12,15H,8-11,13H2,1H3,(H,28,32). The predicted octanol–water partition coefficient (Wildman–Crippen LogP) is 5.57. The van der Waals surface area contributed by atoms with E-state index in [2.05, 4.69) is 20.4 Å². The lowest BCUT2D eigenvalue weighted by molar-refractivity contribution is -0.137. The van der Waals surface area contributed by atoms with Gasteiger partial charge in [0.05, 0.1) is 22.8 Å². The number of halogens is 4. The van der Waals surface area contributed by atoms with Gasteiger partial charge in [0.1, 0.15) is 0 Å². The van der Waals surface area contributed by atoms with Crippen LogP contribution < -0.4 is 5.32 Å². The Bertz CT molecular complexity index is 1140. The van der Waals surface area contributed by atoms with Crippen LogP contribution in [0.15, 0.2) is 47.0 Å². The van der Waals surface area contributed by atoms with E-state index in [1.807, 2.05) is 31.2 Å². The molecule has 1 saturated heterocycles. The van der Waals surface area contributed by atoms with Crippen molar-refractivity contribution in [1.29, 1.82) is 0 Å². The lowest BCUT2D eigenvalue weighted by atomic mass is 9.95. The molecule has 1 aliphatic heterocycles. The number of amides is 1. The molecule has 6 nitrogen and oxygen atoms in total. The number of aryl methyl sites for hydroxylation is 1. The maximum atomic E-state index is 13.0. The van der Waals surface area contributed by atoms with Gasteiger partial charge in [-0.15, -0.1) is 0 Å². The SMILES string of the molecule is Cc1ccccc1-c1noc(CN2CCC(C(=O)Nc3cc(C(F)(F)F)ccc3Cl)CC2)n1. The minimum Gasteiger partial charge on any atom is -0.338 e. The van der Waals surface area contributed by atoms with Crippen molar-refractivity contribution in [2.75, 3.05) is 18.4 Å². The van der Waals surface area contributed by atoms with Gasteiger partial charge in [0.25, 0.3) is 0 Å². The predicted molar refractivity (Wildman–Crippen MR) is 118 cm³/mol. The molecule has 174 valence electrons. The largest absolute Gasteiger partial charge is 0.416 e. The van der Waals surface area contributed by atoms with E-state index in [0.29, 0.717) is 44.2 Å². The Labute approximate surface area is 193 Å². The molecular weight excluding hydrogens is 457 g/mol. The van der Waals surface area contributed by atoms with Gasteiger partial charge >= 0.3 is 6.18 Å². The van der Waals surface area contributed by atoms with Crippen molar-refractivity contribution < 1.29 is 22.5 Å².